The predicted molar refractivity (Wildman–Crippen MR) is 146 cm³/mol. The molecule has 37 heavy (non-hydrogen) atoms. The van der Waals surface area contributed by atoms with E-state index in [0.29, 0.717) is 22.7 Å². The van der Waals surface area contributed by atoms with E-state index in [-0.39, 0.29) is 5.56 Å². The van der Waals surface area contributed by atoms with Gasteiger partial charge in [0.15, 0.2) is 0 Å². The quantitative estimate of drug-likeness (QED) is 0.435. The summed E-state index contributed by atoms with van der Waals surface area (Å²) in [5, 5.41) is 3.54. The lowest BCUT2D eigenvalue weighted by molar-refractivity contribution is 0.0602. The molecule has 9 heteroatoms. The van der Waals surface area contributed by atoms with E-state index in [4.69, 9.17) is 25.8 Å². The minimum Gasteiger partial charge on any atom is -0.497 e. The van der Waals surface area contributed by atoms with Gasteiger partial charge in [0, 0.05) is 48.6 Å². The molecular formula is C28H30ClN3O5. The summed E-state index contributed by atoms with van der Waals surface area (Å²) in [5.74, 6) is -0.0190. The number of nitrogens with zero attached hydrogens (tertiary/aromatic N) is 2. The van der Waals surface area contributed by atoms with Gasteiger partial charge in [0.2, 0.25) is 0 Å². The Hall–Kier alpha value is -3.91. The van der Waals surface area contributed by atoms with Crippen LogP contribution in [-0.4, -0.2) is 59.4 Å². The van der Waals surface area contributed by atoms with Crippen LogP contribution in [0.3, 0.4) is 0 Å². The second kappa shape index (κ2) is 11.4. The molecule has 3 aromatic carbocycles. The van der Waals surface area contributed by atoms with Gasteiger partial charge in [-0.25, -0.2) is 4.79 Å². The predicted octanol–water partition coefficient (Wildman–Crippen LogP) is 5.03. The van der Waals surface area contributed by atoms with Crippen LogP contribution in [0.2, 0.25) is 5.02 Å². The van der Waals surface area contributed by atoms with Crippen LogP contribution in [0.5, 0.6) is 11.5 Å². The van der Waals surface area contributed by atoms with Gasteiger partial charge < -0.3 is 29.3 Å². The smallest absolute Gasteiger partial charge is 0.340 e. The number of nitrogens with one attached hydrogen (secondary N) is 1. The fourth-order valence-electron chi connectivity index (χ4n) is 4.42. The minimum atomic E-state index is -0.535. The highest BCUT2D eigenvalue weighted by molar-refractivity contribution is 6.30. The number of carbonyl (C=O) groups is 2. The Bertz CT molecular complexity index is 1300. The maximum atomic E-state index is 13.1. The Balaban J connectivity index is 1.53. The Morgan fingerprint density at radius 3 is 2.24 bits per heavy atom. The lowest BCUT2D eigenvalue weighted by Gasteiger charge is -2.38. The maximum absolute atomic E-state index is 13.1. The first kappa shape index (κ1) is 26.2. The first-order valence-electron chi connectivity index (χ1n) is 11.9. The summed E-state index contributed by atoms with van der Waals surface area (Å²) in [6.07, 6.45) is 0. The average molecular weight is 524 g/mol. The molecule has 1 amide bonds. The molecule has 1 heterocycles. The van der Waals surface area contributed by atoms with E-state index in [9.17, 15) is 9.59 Å². The maximum Gasteiger partial charge on any atom is 0.340 e. The monoisotopic (exact) mass is 523 g/mol. The van der Waals surface area contributed by atoms with Crippen molar-refractivity contribution in [2.75, 3.05) is 62.6 Å². The summed E-state index contributed by atoms with van der Waals surface area (Å²) in [7, 11) is 4.34. The van der Waals surface area contributed by atoms with Gasteiger partial charge >= 0.3 is 5.97 Å². The van der Waals surface area contributed by atoms with Crippen LogP contribution in [0.1, 0.15) is 26.3 Å². The van der Waals surface area contributed by atoms with E-state index < -0.39 is 11.9 Å². The number of ether oxygens (including phenoxy) is 3. The van der Waals surface area contributed by atoms with Crippen molar-refractivity contribution in [1.29, 1.82) is 0 Å². The highest BCUT2D eigenvalue weighted by Gasteiger charge is 2.23. The first-order chi connectivity index (χ1) is 17.8. The Kier molecular flexibility index (Phi) is 8.08. The fourth-order valence-corrected chi connectivity index (χ4v) is 4.59. The zero-order chi connectivity index (χ0) is 26.5. The second-order valence-electron chi connectivity index (χ2n) is 8.65. The summed E-state index contributed by atoms with van der Waals surface area (Å²) < 4.78 is 15.6. The molecular weight excluding hydrogens is 494 g/mol. The first-order valence-corrected chi connectivity index (χ1v) is 12.2. The van der Waals surface area contributed by atoms with Crippen LogP contribution in [0.15, 0.2) is 54.6 Å². The van der Waals surface area contributed by atoms with Crippen molar-refractivity contribution in [1.82, 2.24) is 0 Å². The van der Waals surface area contributed by atoms with Crippen molar-refractivity contribution in [3.8, 4) is 11.5 Å². The molecule has 0 aliphatic carbocycles. The lowest BCUT2D eigenvalue weighted by Crippen LogP contribution is -2.46. The number of hydrogen-bond donors (Lipinski definition) is 1. The number of hydrogen-bond acceptors (Lipinski definition) is 7. The van der Waals surface area contributed by atoms with Crippen molar-refractivity contribution in [3.63, 3.8) is 0 Å². The van der Waals surface area contributed by atoms with Crippen LogP contribution in [-0.2, 0) is 4.74 Å². The average Bonchev–Trinajstić information content (AvgIpc) is 2.93. The van der Waals surface area contributed by atoms with Gasteiger partial charge in [-0.15, -0.1) is 0 Å². The molecule has 0 bridgehead atoms. The van der Waals surface area contributed by atoms with Crippen LogP contribution in [0, 0.1) is 6.92 Å². The van der Waals surface area contributed by atoms with Gasteiger partial charge in [0.1, 0.15) is 11.5 Å². The summed E-state index contributed by atoms with van der Waals surface area (Å²) in [6.45, 7) is 5.23. The van der Waals surface area contributed by atoms with Crippen LogP contribution in [0.25, 0.3) is 0 Å². The Morgan fingerprint density at radius 1 is 0.838 bits per heavy atom. The summed E-state index contributed by atoms with van der Waals surface area (Å²) in [5.41, 5.74) is 4.13. The number of benzene rings is 3. The molecule has 0 unspecified atom stereocenters. The van der Waals surface area contributed by atoms with E-state index in [1.54, 1.807) is 30.3 Å². The molecule has 194 valence electrons. The van der Waals surface area contributed by atoms with Crippen molar-refractivity contribution < 1.29 is 23.8 Å². The van der Waals surface area contributed by atoms with E-state index in [1.807, 2.05) is 24.3 Å². The number of piperazine rings is 1. The van der Waals surface area contributed by atoms with E-state index in [2.05, 4.69) is 22.0 Å². The zero-order valence-electron chi connectivity index (χ0n) is 21.3. The van der Waals surface area contributed by atoms with Crippen LogP contribution in [0.4, 0.5) is 17.1 Å². The number of carbonyl (C=O) groups excluding carboxylic acids is 2. The molecule has 1 fully saturated rings. The molecule has 1 aliphatic heterocycles. The zero-order valence-corrected chi connectivity index (χ0v) is 22.1. The number of esters is 1. The van der Waals surface area contributed by atoms with Gasteiger partial charge in [-0.3, -0.25) is 4.79 Å². The van der Waals surface area contributed by atoms with Gasteiger partial charge in [-0.05, 0) is 55.0 Å². The van der Waals surface area contributed by atoms with E-state index in [1.165, 1.54) is 26.9 Å². The van der Waals surface area contributed by atoms with Gasteiger partial charge in [0.25, 0.3) is 5.91 Å². The minimum absolute atomic E-state index is 0.272. The number of methoxy groups -OCH3 is 3. The van der Waals surface area contributed by atoms with Crippen molar-refractivity contribution in [3.05, 3.63) is 76.3 Å². The van der Waals surface area contributed by atoms with E-state index in [0.717, 1.165) is 42.6 Å². The molecule has 0 aromatic heterocycles. The topological polar surface area (TPSA) is 80.3 Å². The third kappa shape index (κ3) is 5.75. The summed E-state index contributed by atoms with van der Waals surface area (Å²) in [6, 6.07) is 16.2. The number of amides is 1. The molecule has 1 saturated heterocycles. The molecule has 8 nitrogen and oxygen atoms in total. The van der Waals surface area contributed by atoms with Crippen LogP contribution >= 0.6 is 11.6 Å². The van der Waals surface area contributed by atoms with Crippen LogP contribution < -0.4 is 24.6 Å². The molecule has 0 saturated carbocycles. The normalized spacial score (nSPS) is 13.2. The summed E-state index contributed by atoms with van der Waals surface area (Å²) in [4.78, 5) is 30.2. The highest BCUT2D eigenvalue weighted by Crippen LogP contribution is 2.30. The summed E-state index contributed by atoms with van der Waals surface area (Å²) >= 11 is 6.22. The van der Waals surface area contributed by atoms with E-state index >= 15 is 0 Å². The largest absolute Gasteiger partial charge is 0.497 e. The number of halogens is 1. The van der Waals surface area contributed by atoms with Crippen molar-refractivity contribution >= 4 is 40.5 Å². The van der Waals surface area contributed by atoms with Crippen molar-refractivity contribution in [2.45, 2.75) is 6.92 Å². The Morgan fingerprint density at radius 2 is 1.57 bits per heavy atom. The van der Waals surface area contributed by atoms with Gasteiger partial charge in [-0.2, -0.15) is 0 Å². The lowest BCUT2D eigenvalue weighted by atomic mass is 10.1. The molecule has 0 spiro atoms. The molecule has 3 aromatic rings. The number of aryl methyl sites for hydroxylation is 1. The molecule has 1 aliphatic rings. The second-order valence-corrected chi connectivity index (χ2v) is 9.08. The SMILES string of the molecule is COC(=O)c1cc(N2CCN(c3cc(Cl)ccc3C)CC2)ccc1NC(=O)c1ccc(OC)cc1OC. The standard InChI is InChI=1S/C28H30ClN3O5/c1-18-5-6-19(29)15-25(18)32-13-11-31(12-14-32)20-7-10-24(23(16-20)28(34)37-4)30-27(33)22-9-8-21(35-2)17-26(22)36-3/h5-10,15-17H,11-14H2,1-4H3,(H,30,33). The van der Waals surface area contributed by atoms with Crippen molar-refractivity contribution in [2.24, 2.45) is 0 Å². The molecule has 0 atom stereocenters. The third-order valence-electron chi connectivity index (χ3n) is 6.47. The Labute approximate surface area is 221 Å². The third-order valence-corrected chi connectivity index (χ3v) is 6.70. The highest BCUT2D eigenvalue weighted by atomic mass is 35.5. The molecule has 1 N–H and O–H groups in total. The number of rotatable bonds is 7. The van der Waals surface area contributed by atoms with Gasteiger partial charge in [-0.1, -0.05) is 17.7 Å². The fraction of sp³-hybridized carbons (Fsp3) is 0.286. The molecule has 0 radical (unpaired) electrons. The number of anilines is 3. The van der Waals surface area contributed by atoms with Gasteiger partial charge in [0.05, 0.1) is 38.1 Å². The molecule has 4 rings (SSSR count).